The molecule has 0 amide bonds. The summed E-state index contributed by atoms with van der Waals surface area (Å²) in [4.78, 5) is 4.31. The quantitative estimate of drug-likeness (QED) is 0.788. The van der Waals surface area contributed by atoms with Gasteiger partial charge in [-0.05, 0) is 31.4 Å². The van der Waals surface area contributed by atoms with Crippen LogP contribution in [0.5, 0.6) is 0 Å². The number of nitrogens with zero attached hydrogens (tertiary/aromatic N) is 1. The van der Waals surface area contributed by atoms with E-state index in [4.69, 9.17) is 4.74 Å². The SMILES string of the molecule is Cc1cccnc1CNCC(O)COC1CCCC1. The molecule has 1 atom stereocenters. The topological polar surface area (TPSA) is 54.4 Å². The Kier molecular flexibility index (Phi) is 5.76. The van der Waals surface area contributed by atoms with Gasteiger partial charge in [-0.3, -0.25) is 4.98 Å². The molecule has 2 N–H and O–H groups in total. The van der Waals surface area contributed by atoms with E-state index in [9.17, 15) is 5.11 Å². The number of aromatic nitrogens is 1. The van der Waals surface area contributed by atoms with E-state index in [-0.39, 0.29) is 0 Å². The first-order valence-electron chi connectivity index (χ1n) is 7.16. The second-order valence-corrected chi connectivity index (χ2v) is 5.29. The third-order valence-corrected chi connectivity index (χ3v) is 3.62. The van der Waals surface area contributed by atoms with E-state index in [0.29, 0.717) is 25.8 Å². The molecule has 1 aromatic heterocycles. The summed E-state index contributed by atoms with van der Waals surface area (Å²) in [5.41, 5.74) is 2.21. The maximum atomic E-state index is 9.85. The fourth-order valence-electron chi connectivity index (χ4n) is 2.42. The number of ether oxygens (including phenoxy) is 1. The molecule has 0 saturated heterocycles. The summed E-state index contributed by atoms with van der Waals surface area (Å²) in [7, 11) is 0. The number of aliphatic hydroxyl groups is 1. The summed E-state index contributed by atoms with van der Waals surface area (Å²) in [6.07, 6.45) is 6.54. The Morgan fingerprint density at radius 1 is 1.47 bits per heavy atom. The van der Waals surface area contributed by atoms with Crippen LogP contribution >= 0.6 is 0 Å². The second-order valence-electron chi connectivity index (χ2n) is 5.29. The molecule has 4 heteroatoms. The molecule has 106 valence electrons. The summed E-state index contributed by atoms with van der Waals surface area (Å²) in [6.45, 7) is 3.71. The van der Waals surface area contributed by atoms with Crippen molar-refractivity contribution >= 4 is 0 Å². The minimum atomic E-state index is -0.440. The van der Waals surface area contributed by atoms with Gasteiger partial charge in [-0.15, -0.1) is 0 Å². The molecule has 1 aliphatic rings. The van der Waals surface area contributed by atoms with Gasteiger partial charge in [0.05, 0.1) is 24.5 Å². The first-order valence-corrected chi connectivity index (χ1v) is 7.16. The Balaban J connectivity index is 1.61. The summed E-state index contributed by atoms with van der Waals surface area (Å²) < 4.78 is 5.69. The molecule has 2 rings (SSSR count). The van der Waals surface area contributed by atoms with Gasteiger partial charge in [-0.25, -0.2) is 0 Å². The van der Waals surface area contributed by atoms with Crippen LogP contribution in [0.3, 0.4) is 0 Å². The van der Waals surface area contributed by atoms with Crippen molar-refractivity contribution < 1.29 is 9.84 Å². The molecule has 0 bridgehead atoms. The largest absolute Gasteiger partial charge is 0.389 e. The molecule has 0 radical (unpaired) electrons. The van der Waals surface area contributed by atoms with Crippen molar-refractivity contribution in [2.45, 2.75) is 51.4 Å². The molecule has 4 nitrogen and oxygen atoms in total. The van der Waals surface area contributed by atoms with Gasteiger partial charge in [0, 0.05) is 19.3 Å². The van der Waals surface area contributed by atoms with Crippen molar-refractivity contribution in [3.05, 3.63) is 29.6 Å². The van der Waals surface area contributed by atoms with Gasteiger partial charge in [0.2, 0.25) is 0 Å². The lowest BCUT2D eigenvalue weighted by molar-refractivity contribution is -0.00552. The monoisotopic (exact) mass is 264 g/mol. The molecule has 1 aromatic rings. The minimum absolute atomic E-state index is 0.368. The molecule has 1 fully saturated rings. The third-order valence-electron chi connectivity index (χ3n) is 3.62. The molecular weight excluding hydrogens is 240 g/mol. The van der Waals surface area contributed by atoms with E-state index in [1.165, 1.54) is 18.4 Å². The van der Waals surface area contributed by atoms with Crippen LogP contribution in [0.4, 0.5) is 0 Å². The summed E-state index contributed by atoms with van der Waals surface area (Å²) in [5, 5.41) is 13.1. The third kappa shape index (κ3) is 4.90. The highest BCUT2D eigenvalue weighted by Crippen LogP contribution is 2.20. The first kappa shape index (κ1) is 14.4. The van der Waals surface area contributed by atoms with Gasteiger partial charge in [-0.1, -0.05) is 18.9 Å². The average Bonchev–Trinajstić information content (AvgIpc) is 2.92. The molecule has 19 heavy (non-hydrogen) atoms. The van der Waals surface area contributed by atoms with Gasteiger partial charge in [0.15, 0.2) is 0 Å². The number of hydrogen-bond acceptors (Lipinski definition) is 4. The van der Waals surface area contributed by atoms with Gasteiger partial charge in [-0.2, -0.15) is 0 Å². The van der Waals surface area contributed by atoms with Gasteiger partial charge in [0.1, 0.15) is 0 Å². The van der Waals surface area contributed by atoms with E-state index in [1.807, 2.05) is 19.1 Å². The number of pyridine rings is 1. The Morgan fingerprint density at radius 3 is 3.00 bits per heavy atom. The number of aryl methyl sites for hydroxylation is 1. The lowest BCUT2D eigenvalue weighted by atomic mass is 10.2. The maximum Gasteiger partial charge on any atom is 0.0897 e. The molecule has 0 aromatic carbocycles. The highest BCUT2D eigenvalue weighted by Gasteiger charge is 2.16. The van der Waals surface area contributed by atoms with Crippen LogP contribution in [0.25, 0.3) is 0 Å². The van der Waals surface area contributed by atoms with Crippen molar-refractivity contribution in [1.29, 1.82) is 0 Å². The van der Waals surface area contributed by atoms with Crippen LogP contribution in [0.15, 0.2) is 18.3 Å². The zero-order chi connectivity index (χ0) is 13.5. The zero-order valence-corrected chi connectivity index (χ0v) is 11.6. The van der Waals surface area contributed by atoms with Crippen LogP contribution < -0.4 is 5.32 Å². The fraction of sp³-hybridized carbons (Fsp3) is 0.667. The molecule has 1 unspecified atom stereocenters. The smallest absolute Gasteiger partial charge is 0.0897 e. The van der Waals surface area contributed by atoms with Crippen LogP contribution in [0, 0.1) is 6.92 Å². The molecule has 0 aliphatic heterocycles. The Hall–Kier alpha value is -0.970. The lowest BCUT2D eigenvalue weighted by Gasteiger charge is -2.16. The predicted octanol–water partition coefficient (Wildman–Crippen LogP) is 1.80. The zero-order valence-electron chi connectivity index (χ0n) is 11.6. The van der Waals surface area contributed by atoms with Crippen molar-refractivity contribution in [1.82, 2.24) is 10.3 Å². The highest BCUT2D eigenvalue weighted by atomic mass is 16.5. The Labute approximate surface area is 115 Å². The molecule has 1 saturated carbocycles. The van der Waals surface area contributed by atoms with Crippen LogP contribution in [-0.4, -0.2) is 35.5 Å². The van der Waals surface area contributed by atoms with E-state index in [1.54, 1.807) is 6.20 Å². The molecule has 1 aliphatic carbocycles. The van der Waals surface area contributed by atoms with Crippen LogP contribution in [0.2, 0.25) is 0 Å². The first-order chi connectivity index (χ1) is 9.25. The van der Waals surface area contributed by atoms with Gasteiger partial charge < -0.3 is 15.2 Å². The standard InChI is InChI=1S/C15H24N2O2/c1-12-5-4-8-17-15(12)10-16-9-13(18)11-19-14-6-2-3-7-14/h4-5,8,13-14,16,18H,2-3,6-7,9-11H2,1H3. The summed E-state index contributed by atoms with van der Waals surface area (Å²) in [6, 6.07) is 3.98. The normalized spacial score (nSPS) is 17.8. The van der Waals surface area contributed by atoms with Crippen molar-refractivity contribution in [2.75, 3.05) is 13.2 Å². The minimum Gasteiger partial charge on any atom is -0.389 e. The van der Waals surface area contributed by atoms with E-state index in [2.05, 4.69) is 10.3 Å². The lowest BCUT2D eigenvalue weighted by Crippen LogP contribution is -2.31. The van der Waals surface area contributed by atoms with Crippen molar-refractivity contribution in [3.63, 3.8) is 0 Å². The number of hydrogen-bond donors (Lipinski definition) is 2. The fourth-order valence-corrected chi connectivity index (χ4v) is 2.42. The van der Waals surface area contributed by atoms with E-state index in [0.717, 1.165) is 18.5 Å². The number of aliphatic hydroxyl groups excluding tert-OH is 1. The van der Waals surface area contributed by atoms with Crippen LogP contribution in [0.1, 0.15) is 36.9 Å². The number of rotatable bonds is 7. The molecular formula is C15H24N2O2. The summed E-state index contributed by atoms with van der Waals surface area (Å²) in [5.74, 6) is 0. The van der Waals surface area contributed by atoms with E-state index < -0.39 is 6.10 Å². The van der Waals surface area contributed by atoms with Crippen LogP contribution in [-0.2, 0) is 11.3 Å². The molecule has 1 heterocycles. The Morgan fingerprint density at radius 2 is 2.26 bits per heavy atom. The van der Waals surface area contributed by atoms with Crippen molar-refractivity contribution in [3.8, 4) is 0 Å². The number of nitrogens with one attached hydrogen (secondary N) is 1. The predicted molar refractivity (Wildman–Crippen MR) is 74.9 cm³/mol. The van der Waals surface area contributed by atoms with Gasteiger partial charge >= 0.3 is 0 Å². The van der Waals surface area contributed by atoms with Gasteiger partial charge in [0.25, 0.3) is 0 Å². The van der Waals surface area contributed by atoms with E-state index >= 15 is 0 Å². The Bertz CT molecular complexity index is 378. The second kappa shape index (κ2) is 7.58. The van der Waals surface area contributed by atoms with Crippen molar-refractivity contribution in [2.24, 2.45) is 0 Å². The molecule has 0 spiro atoms. The maximum absolute atomic E-state index is 9.85. The average molecular weight is 264 g/mol. The summed E-state index contributed by atoms with van der Waals surface area (Å²) >= 11 is 0. The highest BCUT2D eigenvalue weighted by molar-refractivity contribution is 5.17.